The van der Waals surface area contributed by atoms with Crippen LogP contribution in [0, 0.1) is 17.0 Å². The van der Waals surface area contributed by atoms with Crippen LogP contribution in [0.4, 0.5) is 10.8 Å². The maximum absolute atomic E-state index is 12.4. The molecule has 9 heteroatoms. The predicted octanol–water partition coefficient (Wildman–Crippen LogP) is 4.94. The Kier molecular flexibility index (Phi) is 5.38. The molecule has 0 saturated carbocycles. The van der Waals surface area contributed by atoms with E-state index >= 15 is 0 Å². The number of ether oxygens (including phenoxy) is 1. The number of aryl methyl sites for hydroxylation is 1. The smallest absolute Gasteiger partial charge is 0.270 e. The van der Waals surface area contributed by atoms with Gasteiger partial charge in [-0.1, -0.05) is 11.6 Å². The van der Waals surface area contributed by atoms with Gasteiger partial charge in [-0.2, -0.15) is 0 Å². The van der Waals surface area contributed by atoms with Crippen LogP contribution in [0.15, 0.2) is 42.5 Å². The number of nitrogens with zero attached hydrogens (tertiary/aromatic N) is 2. The van der Waals surface area contributed by atoms with E-state index in [9.17, 15) is 14.9 Å². The third-order valence-electron chi connectivity index (χ3n) is 3.79. The molecule has 0 radical (unpaired) electrons. The number of nitro benzene ring substituents is 1. The summed E-state index contributed by atoms with van der Waals surface area (Å²) in [4.78, 5) is 28.0. The van der Waals surface area contributed by atoms with Crippen LogP contribution in [0.3, 0.4) is 0 Å². The van der Waals surface area contributed by atoms with Crippen molar-refractivity contribution in [2.24, 2.45) is 0 Å². The lowest BCUT2D eigenvalue weighted by Gasteiger charge is -2.04. The van der Waals surface area contributed by atoms with Crippen LogP contribution < -0.4 is 10.1 Å². The van der Waals surface area contributed by atoms with Crippen molar-refractivity contribution in [3.05, 3.63) is 68.0 Å². The highest BCUT2D eigenvalue weighted by Crippen LogP contribution is 2.32. The minimum absolute atomic E-state index is 0.00496. The summed E-state index contributed by atoms with van der Waals surface area (Å²) in [5.74, 6) is 0.262. The second-order valence-corrected chi connectivity index (χ2v) is 7.14. The van der Waals surface area contributed by atoms with Crippen LogP contribution in [0.1, 0.15) is 15.2 Å². The fourth-order valence-electron chi connectivity index (χ4n) is 2.43. The number of rotatable bonds is 5. The fourth-order valence-corrected chi connectivity index (χ4v) is 3.52. The van der Waals surface area contributed by atoms with E-state index in [0.717, 1.165) is 28.0 Å². The van der Waals surface area contributed by atoms with Crippen molar-refractivity contribution < 1.29 is 14.5 Å². The van der Waals surface area contributed by atoms with Crippen LogP contribution in [0.25, 0.3) is 11.3 Å². The number of benzene rings is 2. The zero-order valence-corrected chi connectivity index (χ0v) is 15.9. The molecule has 0 aliphatic rings. The minimum Gasteiger partial charge on any atom is -0.497 e. The molecular formula is C18H14ClN3O4S. The van der Waals surface area contributed by atoms with Gasteiger partial charge in [0.1, 0.15) is 5.75 Å². The average molecular weight is 404 g/mol. The number of carbonyl (C=O) groups is 1. The van der Waals surface area contributed by atoms with Gasteiger partial charge in [0, 0.05) is 22.6 Å². The number of thiazole rings is 1. The topological polar surface area (TPSA) is 94.4 Å². The van der Waals surface area contributed by atoms with E-state index in [1.165, 1.54) is 23.5 Å². The lowest BCUT2D eigenvalue weighted by molar-refractivity contribution is -0.384. The number of non-ortho nitro benzene ring substituents is 1. The Bertz CT molecular complexity index is 1020. The van der Waals surface area contributed by atoms with Crippen LogP contribution in [-0.2, 0) is 0 Å². The molecule has 7 nitrogen and oxygen atoms in total. The number of carbonyl (C=O) groups excluding carboxylic acids is 1. The van der Waals surface area contributed by atoms with Crippen molar-refractivity contribution in [1.29, 1.82) is 0 Å². The third kappa shape index (κ3) is 4.07. The zero-order chi connectivity index (χ0) is 19.6. The molecule has 1 heterocycles. The van der Waals surface area contributed by atoms with E-state index in [0.29, 0.717) is 5.13 Å². The number of hydrogen-bond donors (Lipinski definition) is 1. The Hall–Kier alpha value is -2.97. The molecule has 0 saturated heterocycles. The summed E-state index contributed by atoms with van der Waals surface area (Å²) in [7, 11) is 1.60. The number of aromatic nitrogens is 1. The van der Waals surface area contributed by atoms with Crippen LogP contribution in [0.2, 0.25) is 5.02 Å². The largest absolute Gasteiger partial charge is 0.497 e. The molecule has 0 aliphatic carbocycles. The molecule has 2 aromatic carbocycles. The summed E-state index contributed by atoms with van der Waals surface area (Å²) in [5.41, 5.74) is 1.62. The van der Waals surface area contributed by atoms with Gasteiger partial charge >= 0.3 is 0 Å². The van der Waals surface area contributed by atoms with Crippen molar-refractivity contribution in [2.75, 3.05) is 12.4 Å². The maximum atomic E-state index is 12.4. The van der Waals surface area contributed by atoms with Gasteiger partial charge in [0.15, 0.2) is 5.13 Å². The number of methoxy groups -OCH3 is 1. The first-order chi connectivity index (χ1) is 12.9. The number of nitrogens with one attached hydrogen (secondary N) is 1. The molecule has 3 rings (SSSR count). The van der Waals surface area contributed by atoms with Crippen molar-refractivity contribution in [3.8, 4) is 17.0 Å². The van der Waals surface area contributed by atoms with E-state index in [1.54, 1.807) is 7.11 Å². The highest BCUT2D eigenvalue weighted by molar-refractivity contribution is 7.16. The van der Waals surface area contributed by atoms with Crippen molar-refractivity contribution in [1.82, 2.24) is 4.98 Å². The van der Waals surface area contributed by atoms with Gasteiger partial charge in [-0.3, -0.25) is 20.2 Å². The van der Waals surface area contributed by atoms with Gasteiger partial charge in [0.25, 0.3) is 11.6 Å². The van der Waals surface area contributed by atoms with Gasteiger partial charge in [0.05, 0.1) is 28.3 Å². The van der Waals surface area contributed by atoms with E-state index in [4.69, 9.17) is 16.3 Å². The summed E-state index contributed by atoms with van der Waals surface area (Å²) in [5, 5.41) is 13.9. The Morgan fingerprint density at radius 3 is 2.56 bits per heavy atom. The second kappa shape index (κ2) is 7.73. The first-order valence-corrected chi connectivity index (χ1v) is 8.95. The van der Waals surface area contributed by atoms with Crippen molar-refractivity contribution in [2.45, 2.75) is 6.92 Å². The Labute approximate surface area is 163 Å². The molecule has 0 spiro atoms. The van der Waals surface area contributed by atoms with Crippen molar-refractivity contribution >= 4 is 39.7 Å². The van der Waals surface area contributed by atoms with Crippen LogP contribution >= 0.6 is 22.9 Å². The van der Waals surface area contributed by atoms with Crippen LogP contribution in [0.5, 0.6) is 5.75 Å². The maximum Gasteiger partial charge on any atom is 0.270 e. The summed E-state index contributed by atoms with van der Waals surface area (Å²) >= 11 is 7.33. The average Bonchev–Trinajstić information content (AvgIpc) is 3.01. The van der Waals surface area contributed by atoms with Crippen molar-refractivity contribution in [3.63, 3.8) is 0 Å². The van der Waals surface area contributed by atoms with Gasteiger partial charge in [-0.25, -0.2) is 4.98 Å². The molecule has 0 atom stereocenters. The molecule has 3 aromatic rings. The van der Waals surface area contributed by atoms with Gasteiger partial charge in [-0.05, 0) is 37.3 Å². The monoisotopic (exact) mass is 403 g/mol. The fraction of sp³-hybridized carbons (Fsp3) is 0.111. The lowest BCUT2D eigenvalue weighted by Crippen LogP contribution is -2.12. The minimum atomic E-state index is -0.571. The molecule has 1 amide bonds. The molecule has 1 N–H and O–H groups in total. The van der Waals surface area contributed by atoms with E-state index < -0.39 is 10.8 Å². The van der Waals surface area contributed by atoms with Gasteiger partial charge in [-0.15, -0.1) is 11.3 Å². The SMILES string of the molecule is COc1ccc(-c2nc(NC(=O)c3ccc([N+](=O)[O-])cc3Cl)sc2C)cc1. The standard InChI is InChI=1S/C18H14ClN3O4S/c1-10-16(11-3-6-13(26-2)7-4-11)20-18(27-10)21-17(23)14-8-5-12(22(24)25)9-15(14)19/h3-9H,1-2H3,(H,20,21,23). The Balaban J connectivity index is 1.82. The highest BCUT2D eigenvalue weighted by Gasteiger charge is 2.17. The summed E-state index contributed by atoms with van der Waals surface area (Å²) in [6.45, 7) is 1.91. The normalized spacial score (nSPS) is 10.5. The third-order valence-corrected chi connectivity index (χ3v) is 4.99. The van der Waals surface area contributed by atoms with E-state index in [-0.39, 0.29) is 16.3 Å². The Morgan fingerprint density at radius 1 is 1.26 bits per heavy atom. The van der Waals surface area contributed by atoms with Gasteiger partial charge < -0.3 is 4.74 Å². The molecular weight excluding hydrogens is 390 g/mol. The number of hydrogen-bond acceptors (Lipinski definition) is 6. The summed E-state index contributed by atoms with van der Waals surface area (Å²) in [6, 6.07) is 11.1. The first-order valence-electron chi connectivity index (χ1n) is 7.76. The molecule has 1 aromatic heterocycles. The Morgan fingerprint density at radius 2 is 1.96 bits per heavy atom. The molecule has 0 unspecified atom stereocenters. The zero-order valence-electron chi connectivity index (χ0n) is 14.4. The number of amides is 1. The quantitative estimate of drug-likeness (QED) is 0.481. The summed E-state index contributed by atoms with van der Waals surface area (Å²) in [6.07, 6.45) is 0. The number of halogens is 1. The number of anilines is 1. The van der Waals surface area contributed by atoms with Gasteiger partial charge in [0.2, 0.25) is 0 Å². The molecule has 27 heavy (non-hydrogen) atoms. The van der Waals surface area contributed by atoms with E-state index in [2.05, 4.69) is 10.3 Å². The lowest BCUT2D eigenvalue weighted by atomic mass is 10.1. The van der Waals surface area contributed by atoms with Crippen LogP contribution in [-0.4, -0.2) is 22.9 Å². The predicted molar refractivity (Wildman–Crippen MR) is 105 cm³/mol. The summed E-state index contributed by atoms with van der Waals surface area (Å²) < 4.78 is 5.15. The second-order valence-electron chi connectivity index (χ2n) is 5.53. The number of nitro groups is 1. The first kappa shape index (κ1) is 18.8. The molecule has 0 aliphatic heterocycles. The molecule has 138 valence electrons. The molecule has 0 bridgehead atoms. The highest BCUT2D eigenvalue weighted by atomic mass is 35.5. The molecule has 0 fully saturated rings. The van der Waals surface area contributed by atoms with E-state index in [1.807, 2.05) is 31.2 Å².